The van der Waals surface area contributed by atoms with Crippen LogP contribution in [-0.4, -0.2) is 28.0 Å². The molecule has 7 heteroatoms. The Hall–Kier alpha value is -2.70. The summed E-state index contributed by atoms with van der Waals surface area (Å²) in [5, 5.41) is 12.6. The molecule has 2 rings (SSSR count). The molecule has 1 N–H and O–H groups in total. The summed E-state index contributed by atoms with van der Waals surface area (Å²) in [6.07, 6.45) is 1.34. The van der Waals surface area contributed by atoms with Crippen LogP contribution in [0.1, 0.15) is 16.1 Å². The second-order valence-electron chi connectivity index (χ2n) is 4.06. The van der Waals surface area contributed by atoms with Crippen molar-refractivity contribution in [2.45, 2.75) is 6.92 Å². The monoisotopic (exact) mass is 278 g/mol. The molecule has 0 aliphatic carbocycles. The van der Waals surface area contributed by atoms with Crippen LogP contribution in [0, 0.1) is 12.7 Å². The molecule has 6 nitrogen and oxygen atoms in total. The predicted molar refractivity (Wildman–Crippen MR) is 68.0 cm³/mol. The van der Waals surface area contributed by atoms with Crippen molar-refractivity contribution in [1.82, 2.24) is 9.78 Å². The van der Waals surface area contributed by atoms with Gasteiger partial charge in [0, 0.05) is 17.8 Å². The Kier molecular flexibility index (Phi) is 3.51. The minimum atomic E-state index is -1.43. The topological polar surface area (TPSA) is 81.4 Å². The SMILES string of the molecule is COc1ccc(-n2cc(C)c(=O)c(C(=O)O)n2)cc1F. The average molecular weight is 278 g/mol. The van der Waals surface area contributed by atoms with Crippen molar-refractivity contribution in [3.8, 4) is 11.4 Å². The lowest BCUT2D eigenvalue weighted by Crippen LogP contribution is -2.23. The van der Waals surface area contributed by atoms with E-state index >= 15 is 0 Å². The number of rotatable bonds is 3. The molecule has 2 aromatic rings. The molecule has 0 spiro atoms. The van der Waals surface area contributed by atoms with Gasteiger partial charge in [-0.05, 0) is 19.1 Å². The normalized spacial score (nSPS) is 10.3. The quantitative estimate of drug-likeness (QED) is 0.917. The van der Waals surface area contributed by atoms with Crippen molar-refractivity contribution in [2.75, 3.05) is 7.11 Å². The maximum Gasteiger partial charge on any atom is 0.360 e. The van der Waals surface area contributed by atoms with Crippen molar-refractivity contribution in [1.29, 1.82) is 0 Å². The van der Waals surface area contributed by atoms with Gasteiger partial charge in [-0.2, -0.15) is 5.10 Å². The third-order valence-corrected chi connectivity index (χ3v) is 2.70. The minimum absolute atomic E-state index is 0.0602. The lowest BCUT2D eigenvalue weighted by molar-refractivity contribution is 0.0686. The summed E-state index contributed by atoms with van der Waals surface area (Å²) in [5.41, 5.74) is -0.786. The van der Waals surface area contributed by atoms with E-state index in [0.29, 0.717) is 0 Å². The number of methoxy groups -OCH3 is 1. The molecule has 0 unspecified atom stereocenters. The van der Waals surface area contributed by atoms with Crippen LogP contribution in [0.5, 0.6) is 5.75 Å². The lowest BCUT2D eigenvalue weighted by Gasteiger charge is -2.09. The first-order chi connectivity index (χ1) is 9.43. The maximum absolute atomic E-state index is 13.6. The van der Waals surface area contributed by atoms with Crippen LogP contribution in [0.2, 0.25) is 0 Å². The fraction of sp³-hybridized carbons (Fsp3) is 0.154. The van der Waals surface area contributed by atoms with Gasteiger partial charge in [0.2, 0.25) is 11.1 Å². The number of halogens is 1. The van der Waals surface area contributed by atoms with Crippen LogP contribution < -0.4 is 10.2 Å². The largest absolute Gasteiger partial charge is 0.494 e. The highest BCUT2D eigenvalue weighted by Crippen LogP contribution is 2.19. The molecule has 0 radical (unpaired) electrons. The van der Waals surface area contributed by atoms with E-state index in [1.165, 1.54) is 32.4 Å². The van der Waals surface area contributed by atoms with Crippen molar-refractivity contribution in [3.63, 3.8) is 0 Å². The number of benzene rings is 1. The second kappa shape index (κ2) is 5.12. The van der Waals surface area contributed by atoms with E-state index in [-0.39, 0.29) is 17.0 Å². The van der Waals surface area contributed by atoms with Crippen molar-refractivity contribution < 1.29 is 19.0 Å². The molecule has 104 valence electrons. The first-order valence-corrected chi connectivity index (χ1v) is 5.62. The molecular formula is C13H11FN2O4. The van der Waals surface area contributed by atoms with E-state index in [4.69, 9.17) is 9.84 Å². The van der Waals surface area contributed by atoms with E-state index < -0.39 is 22.9 Å². The fourth-order valence-corrected chi connectivity index (χ4v) is 1.68. The fourth-order valence-electron chi connectivity index (χ4n) is 1.68. The molecule has 0 saturated heterocycles. The molecule has 0 bridgehead atoms. The Morgan fingerprint density at radius 1 is 1.45 bits per heavy atom. The number of carbonyl (C=O) groups is 1. The third-order valence-electron chi connectivity index (χ3n) is 2.70. The van der Waals surface area contributed by atoms with Gasteiger partial charge in [-0.15, -0.1) is 0 Å². The molecule has 1 heterocycles. The van der Waals surface area contributed by atoms with E-state index in [9.17, 15) is 14.0 Å². The molecular weight excluding hydrogens is 267 g/mol. The number of carboxylic acids is 1. The van der Waals surface area contributed by atoms with Gasteiger partial charge in [0.15, 0.2) is 11.6 Å². The van der Waals surface area contributed by atoms with Gasteiger partial charge in [-0.3, -0.25) is 4.79 Å². The van der Waals surface area contributed by atoms with E-state index in [1.54, 1.807) is 0 Å². The highest BCUT2D eigenvalue weighted by Gasteiger charge is 2.15. The molecule has 0 saturated carbocycles. The number of nitrogens with zero attached hydrogens (tertiary/aromatic N) is 2. The average Bonchev–Trinajstić information content (AvgIpc) is 2.41. The summed E-state index contributed by atoms with van der Waals surface area (Å²) in [4.78, 5) is 22.6. The Morgan fingerprint density at radius 2 is 2.15 bits per heavy atom. The van der Waals surface area contributed by atoms with Crippen LogP contribution >= 0.6 is 0 Å². The van der Waals surface area contributed by atoms with Crippen LogP contribution in [0.25, 0.3) is 5.69 Å². The Labute approximate surface area is 113 Å². The second-order valence-corrected chi connectivity index (χ2v) is 4.06. The summed E-state index contributed by atoms with van der Waals surface area (Å²) in [5.74, 6) is -1.98. The summed E-state index contributed by atoms with van der Waals surface area (Å²) in [6.45, 7) is 1.47. The van der Waals surface area contributed by atoms with Crippen LogP contribution in [0.3, 0.4) is 0 Å². The number of aromatic nitrogens is 2. The zero-order valence-electron chi connectivity index (χ0n) is 10.8. The number of ether oxygens (including phenoxy) is 1. The molecule has 1 aromatic heterocycles. The highest BCUT2D eigenvalue weighted by atomic mass is 19.1. The van der Waals surface area contributed by atoms with Gasteiger partial charge in [0.25, 0.3) is 0 Å². The van der Waals surface area contributed by atoms with Crippen LogP contribution in [0.4, 0.5) is 4.39 Å². The van der Waals surface area contributed by atoms with Crippen LogP contribution in [-0.2, 0) is 0 Å². The van der Waals surface area contributed by atoms with E-state index in [1.807, 2.05) is 0 Å². The lowest BCUT2D eigenvalue weighted by atomic mass is 10.2. The molecule has 0 aliphatic rings. The minimum Gasteiger partial charge on any atom is -0.494 e. The zero-order valence-corrected chi connectivity index (χ0v) is 10.8. The number of aromatic carboxylic acids is 1. The summed E-state index contributed by atoms with van der Waals surface area (Å²) in [7, 11) is 1.34. The maximum atomic E-state index is 13.6. The van der Waals surface area contributed by atoms with Gasteiger partial charge < -0.3 is 9.84 Å². The number of aryl methyl sites for hydroxylation is 1. The summed E-state index contributed by atoms with van der Waals surface area (Å²) in [6, 6.07) is 4.03. The Morgan fingerprint density at radius 3 is 2.70 bits per heavy atom. The molecule has 20 heavy (non-hydrogen) atoms. The smallest absolute Gasteiger partial charge is 0.360 e. The van der Waals surface area contributed by atoms with Gasteiger partial charge in [0.1, 0.15) is 0 Å². The van der Waals surface area contributed by atoms with Gasteiger partial charge >= 0.3 is 5.97 Å². The van der Waals surface area contributed by atoms with E-state index in [0.717, 1.165) is 10.7 Å². The molecule has 0 aliphatic heterocycles. The number of hydrogen-bond acceptors (Lipinski definition) is 4. The zero-order chi connectivity index (χ0) is 14.9. The molecule has 0 amide bonds. The Bertz CT molecular complexity index is 740. The van der Waals surface area contributed by atoms with Crippen LogP contribution in [0.15, 0.2) is 29.2 Å². The van der Waals surface area contributed by atoms with Gasteiger partial charge in [-0.1, -0.05) is 0 Å². The summed E-state index contributed by atoms with van der Waals surface area (Å²) < 4.78 is 19.6. The third kappa shape index (κ3) is 2.37. The van der Waals surface area contributed by atoms with Gasteiger partial charge in [0.05, 0.1) is 12.8 Å². The van der Waals surface area contributed by atoms with Crippen molar-refractivity contribution in [2.24, 2.45) is 0 Å². The highest BCUT2D eigenvalue weighted by molar-refractivity contribution is 5.85. The first-order valence-electron chi connectivity index (χ1n) is 5.62. The van der Waals surface area contributed by atoms with Crippen molar-refractivity contribution >= 4 is 5.97 Å². The number of carboxylic acid groups (broad SMARTS) is 1. The van der Waals surface area contributed by atoms with E-state index in [2.05, 4.69) is 5.10 Å². The molecule has 0 atom stereocenters. The predicted octanol–water partition coefficient (Wildman–Crippen LogP) is 1.39. The van der Waals surface area contributed by atoms with Gasteiger partial charge in [-0.25, -0.2) is 13.9 Å². The summed E-state index contributed by atoms with van der Waals surface area (Å²) >= 11 is 0. The molecule has 1 aromatic carbocycles. The first kappa shape index (κ1) is 13.7. The Balaban J connectivity index is 2.61. The standard InChI is InChI=1S/C13H11FN2O4/c1-7-6-16(15-11(12(7)17)13(18)19)8-3-4-10(20-2)9(14)5-8/h3-6H,1-2H3,(H,18,19). The number of hydrogen-bond donors (Lipinski definition) is 1. The molecule has 0 fully saturated rings. The van der Waals surface area contributed by atoms with Crippen molar-refractivity contribution in [3.05, 3.63) is 51.7 Å².